The highest BCUT2D eigenvalue weighted by Crippen LogP contribution is 2.37. The molecular formula is C17H18F3N3OS. The highest BCUT2D eigenvalue weighted by Gasteiger charge is 2.42. The van der Waals surface area contributed by atoms with Crippen LogP contribution in [0.15, 0.2) is 36.5 Å². The highest BCUT2D eigenvalue weighted by molar-refractivity contribution is 7.71. The van der Waals surface area contributed by atoms with E-state index in [0.717, 1.165) is 5.69 Å². The third-order valence-corrected chi connectivity index (χ3v) is 4.80. The summed E-state index contributed by atoms with van der Waals surface area (Å²) in [5.41, 5.74) is 1.00. The first-order valence-corrected chi connectivity index (χ1v) is 8.50. The second kappa shape index (κ2) is 7.03. The predicted octanol–water partition coefficient (Wildman–Crippen LogP) is 4.39. The van der Waals surface area contributed by atoms with Crippen LogP contribution in [0.1, 0.15) is 36.2 Å². The Balaban J connectivity index is 1.78. The second-order valence-corrected chi connectivity index (χ2v) is 6.61. The molecule has 0 radical (unpaired) electrons. The van der Waals surface area contributed by atoms with Gasteiger partial charge in [-0.3, -0.25) is 9.36 Å². The van der Waals surface area contributed by atoms with Gasteiger partial charge in [0.1, 0.15) is 5.69 Å². The Bertz CT molecular complexity index is 797. The molecule has 0 unspecified atom stereocenters. The number of aromatic nitrogens is 2. The monoisotopic (exact) mass is 369 g/mol. The average molecular weight is 369 g/mol. The zero-order valence-corrected chi connectivity index (χ0v) is 14.2. The Morgan fingerprint density at radius 2 is 1.96 bits per heavy atom. The number of amides is 1. The van der Waals surface area contributed by atoms with Crippen LogP contribution in [-0.2, 0) is 0 Å². The van der Waals surface area contributed by atoms with Crippen molar-refractivity contribution in [3.8, 4) is 5.69 Å². The smallest absolute Gasteiger partial charge is 0.348 e. The van der Waals surface area contributed by atoms with E-state index >= 15 is 0 Å². The van der Waals surface area contributed by atoms with Crippen molar-refractivity contribution in [2.24, 2.45) is 5.92 Å². The number of aromatic amines is 1. The largest absolute Gasteiger partial charge is 0.391 e. The van der Waals surface area contributed by atoms with Crippen LogP contribution in [0.2, 0.25) is 0 Å². The maximum absolute atomic E-state index is 12.9. The SMILES string of the molecule is O=C(N[C@H]1CCC[C@@H](C(F)(F)F)C1)c1c[nH]c(=S)n1-c1ccccc1. The number of H-pyrrole nitrogens is 1. The lowest BCUT2D eigenvalue weighted by Gasteiger charge is -2.31. The third kappa shape index (κ3) is 3.95. The van der Waals surface area contributed by atoms with Gasteiger partial charge in [0.25, 0.3) is 5.91 Å². The minimum atomic E-state index is -4.21. The van der Waals surface area contributed by atoms with Crippen molar-refractivity contribution in [3.05, 3.63) is 47.0 Å². The van der Waals surface area contributed by atoms with Crippen LogP contribution in [0.3, 0.4) is 0 Å². The van der Waals surface area contributed by atoms with Crippen LogP contribution in [0.4, 0.5) is 13.2 Å². The molecular weight excluding hydrogens is 351 g/mol. The maximum Gasteiger partial charge on any atom is 0.391 e. The van der Waals surface area contributed by atoms with Gasteiger partial charge < -0.3 is 10.3 Å². The Labute approximate surface area is 148 Å². The number of nitrogens with zero attached hydrogens (tertiary/aromatic N) is 1. The summed E-state index contributed by atoms with van der Waals surface area (Å²) in [6, 6.07) is 8.61. The van der Waals surface area contributed by atoms with Crippen LogP contribution in [0.5, 0.6) is 0 Å². The molecule has 1 fully saturated rings. The number of alkyl halides is 3. The molecule has 1 aliphatic rings. The van der Waals surface area contributed by atoms with Crippen LogP contribution in [0.25, 0.3) is 5.69 Å². The Morgan fingerprint density at radius 3 is 2.64 bits per heavy atom. The molecule has 25 heavy (non-hydrogen) atoms. The number of carbonyl (C=O) groups excluding carboxylic acids is 1. The van der Waals surface area contributed by atoms with Crippen LogP contribution in [-0.4, -0.2) is 27.7 Å². The van der Waals surface area contributed by atoms with Gasteiger partial charge in [-0.2, -0.15) is 13.2 Å². The highest BCUT2D eigenvalue weighted by atomic mass is 32.1. The van der Waals surface area contributed by atoms with Crippen molar-refractivity contribution in [1.82, 2.24) is 14.9 Å². The van der Waals surface area contributed by atoms with Gasteiger partial charge in [-0.25, -0.2) is 0 Å². The molecule has 1 aliphatic carbocycles. The minimum Gasteiger partial charge on any atom is -0.348 e. The topological polar surface area (TPSA) is 49.8 Å². The van der Waals surface area contributed by atoms with Crippen LogP contribution in [0, 0.1) is 10.7 Å². The number of para-hydroxylation sites is 1. The molecule has 3 rings (SSSR count). The van der Waals surface area contributed by atoms with E-state index in [1.54, 1.807) is 16.7 Å². The van der Waals surface area contributed by atoms with Crippen molar-refractivity contribution in [2.45, 2.75) is 37.9 Å². The maximum atomic E-state index is 12.9. The van der Waals surface area contributed by atoms with Gasteiger partial charge in [0, 0.05) is 17.9 Å². The second-order valence-electron chi connectivity index (χ2n) is 6.23. The van der Waals surface area contributed by atoms with Crippen molar-refractivity contribution < 1.29 is 18.0 Å². The molecule has 1 amide bonds. The summed E-state index contributed by atoms with van der Waals surface area (Å²) in [4.78, 5) is 15.4. The van der Waals surface area contributed by atoms with Gasteiger partial charge in [-0.1, -0.05) is 24.6 Å². The van der Waals surface area contributed by atoms with Crippen molar-refractivity contribution >= 4 is 18.1 Å². The van der Waals surface area contributed by atoms with Crippen molar-refractivity contribution in [2.75, 3.05) is 0 Å². The van der Waals surface area contributed by atoms with E-state index in [1.807, 2.05) is 18.2 Å². The molecule has 2 aromatic rings. The van der Waals surface area contributed by atoms with Gasteiger partial charge in [0.2, 0.25) is 0 Å². The zero-order chi connectivity index (χ0) is 18.0. The van der Waals surface area contributed by atoms with Crippen molar-refractivity contribution in [1.29, 1.82) is 0 Å². The first kappa shape index (κ1) is 17.7. The summed E-state index contributed by atoms with van der Waals surface area (Å²) in [6.07, 6.45) is -1.68. The molecule has 134 valence electrons. The third-order valence-electron chi connectivity index (χ3n) is 4.50. The fourth-order valence-corrected chi connectivity index (χ4v) is 3.51. The summed E-state index contributed by atoms with van der Waals surface area (Å²) < 4.78 is 40.7. The van der Waals surface area contributed by atoms with E-state index in [0.29, 0.717) is 17.6 Å². The quantitative estimate of drug-likeness (QED) is 0.789. The van der Waals surface area contributed by atoms with Crippen LogP contribution < -0.4 is 5.32 Å². The first-order valence-electron chi connectivity index (χ1n) is 8.09. The summed E-state index contributed by atoms with van der Waals surface area (Å²) in [6.45, 7) is 0. The fourth-order valence-electron chi connectivity index (χ4n) is 3.25. The van der Waals surface area contributed by atoms with Gasteiger partial charge in [-0.15, -0.1) is 0 Å². The first-order chi connectivity index (χ1) is 11.9. The van der Waals surface area contributed by atoms with E-state index in [4.69, 9.17) is 12.2 Å². The Hall–Kier alpha value is -2.09. The number of nitrogens with one attached hydrogen (secondary N) is 2. The molecule has 8 heteroatoms. The van der Waals surface area contributed by atoms with Gasteiger partial charge >= 0.3 is 6.18 Å². The van der Waals surface area contributed by atoms with E-state index < -0.39 is 24.0 Å². The summed E-state index contributed by atoms with van der Waals surface area (Å²) in [7, 11) is 0. The average Bonchev–Trinajstić information content (AvgIpc) is 2.97. The lowest BCUT2D eigenvalue weighted by Crippen LogP contribution is -2.42. The molecule has 0 spiro atoms. The number of carbonyl (C=O) groups is 1. The molecule has 0 bridgehead atoms. The lowest BCUT2D eigenvalue weighted by molar-refractivity contribution is -0.183. The zero-order valence-electron chi connectivity index (χ0n) is 13.3. The molecule has 0 saturated heterocycles. The molecule has 1 saturated carbocycles. The Kier molecular flexibility index (Phi) is 4.99. The van der Waals surface area contributed by atoms with Gasteiger partial charge in [0.05, 0.1) is 5.92 Å². The number of benzene rings is 1. The molecule has 4 nitrogen and oxygen atoms in total. The number of rotatable bonds is 3. The molecule has 0 aliphatic heterocycles. The molecule has 2 atom stereocenters. The molecule has 1 heterocycles. The molecule has 1 aromatic carbocycles. The van der Waals surface area contributed by atoms with E-state index in [1.165, 1.54) is 6.20 Å². The number of imidazole rings is 1. The summed E-state index contributed by atoms with van der Waals surface area (Å²) >= 11 is 5.22. The fraction of sp³-hybridized carbons (Fsp3) is 0.412. The van der Waals surface area contributed by atoms with Gasteiger partial charge in [-0.05, 0) is 43.6 Å². The van der Waals surface area contributed by atoms with E-state index in [-0.39, 0.29) is 18.5 Å². The molecule has 1 aromatic heterocycles. The number of hydrogen-bond acceptors (Lipinski definition) is 2. The lowest BCUT2D eigenvalue weighted by atomic mass is 9.85. The Morgan fingerprint density at radius 1 is 1.24 bits per heavy atom. The van der Waals surface area contributed by atoms with Crippen LogP contribution >= 0.6 is 12.2 Å². The number of hydrogen-bond donors (Lipinski definition) is 2. The van der Waals surface area contributed by atoms with E-state index in [9.17, 15) is 18.0 Å². The molecule has 2 N–H and O–H groups in total. The van der Waals surface area contributed by atoms with E-state index in [2.05, 4.69) is 10.3 Å². The number of halogens is 3. The minimum absolute atomic E-state index is 0.0776. The standard InChI is InChI=1S/C17H18F3N3OS/c18-17(19,20)11-5-4-6-12(9-11)22-15(24)14-10-21-16(25)23(14)13-7-2-1-3-8-13/h1-3,7-8,10-12H,4-6,9H2,(H,21,25)(H,22,24)/t11-,12+/m1/s1. The van der Waals surface area contributed by atoms with Crippen molar-refractivity contribution in [3.63, 3.8) is 0 Å². The normalized spacial score (nSPS) is 21.1. The van der Waals surface area contributed by atoms with Gasteiger partial charge in [0.15, 0.2) is 4.77 Å². The summed E-state index contributed by atoms with van der Waals surface area (Å²) in [5, 5.41) is 2.73. The predicted molar refractivity (Wildman–Crippen MR) is 90.2 cm³/mol. The summed E-state index contributed by atoms with van der Waals surface area (Å²) in [5.74, 6) is -1.78.